The highest BCUT2D eigenvalue weighted by Crippen LogP contribution is 2.46. The smallest absolute Gasteiger partial charge is 0.292 e. The van der Waals surface area contributed by atoms with E-state index >= 15 is 0 Å². The van der Waals surface area contributed by atoms with Crippen molar-refractivity contribution in [3.05, 3.63) is 23.8 Å². The fraction of sp³-hybridized carbons (Fsp3) is 0.467. The van der Waals surface area contributed by atoms with Crippen molar-refractivity contribution in [2.45, 2.75) is 19.1 Å². The van der Waals surface area contributed by atoms with Crippen molar-refractivity contribution < 1.29 is 23.5 Å². The fourth-order valence-electron chi connectivity index (χ4n) is 2.84. The van der Waals surface area contributed by atoms with Crippen LogP contribution in [0.25, 0.3) is 0 Å². The van der Waals surface area contributed by atoms with Crippen molar-refractivity contribution in [1.82, 2.24) is 0 Å². The second kappa shape index (κ2) is 5.66. The number of anilines is 2. The molecule has 1 N–H and O–H groups in total. The predicted molar refractivity (Wildman–Crippen MR) is 77.3 cm³/mol. The molecule has 1 spiro atoms. The van der Waals surface area contributed by atoms with Crippen LogP contribution in [0.3, 0.4) is 0 Å². The molecule has 0 aliphatic carbocycles. The lowest BCUT2D eigenvalue weighted by molar-refractivity contribution is -0.256. The number of carbonyl (C=O) groups is 2. The summed E-state index contributed by atoms with van der Waals surface area (Å²) in [6, 6.07) is 4.99. The average molecular weight is 308 g/mol. The number of rotatable bonds is 3. The second-order valence-corrected chi connectivity index (χ2v) is 5.23. The van der Waals surface area contributed by atoms with Gasteiger partial charge in [0.25, 0.3) is 11.7 Å². The first kappa shape index (κ1) is 14.9. The van der Waals surface area contributed by atoms with Gasteiger partial charge in [0.05, 0.1) is 25.4 Å². The van der Waals surface area contributed by atoms with Gasteiger partial charge in [-0.2, -0.15) is 0 Å². The fourth-order valence-corrected chi connectivity index (χ4v) is 2.84. The SMILES string of the molecule is CC(=O)Nc1ccc2c(c1)C1(OCCCO1)C(=O)N2CCF. The standard InChI is InChI=1S/C15H17FN2O4/c1-10(19)17-11-3-4-13-12(9-11)15(21-7-2-8-22-15)14(20)18(13)6-5-16/h3-4,9H,2,5-8H2,1H3,(H,17,19). The van der Waals surface area contributed by atoms with E-state index in [4.69, 9.17) is 9.47 Å². The van der Waals surface area contributed by atoms with Crippen molar-refractivity contribution in [2.75, 3.05) is 36.6 Å². The number of amides is 2. The third-order valence-corrected chi connectivity index (χ3v) is 3.70. The van der Waals surface area contributed by atoms with Crippen LogP contribution in [0.4, 0.5) is 15.8 Å². The molecule has 0 saturated carbocycles. The first-order valence-electron chi connectivity index (χ1n) is 7.16. The molecule has 2 heterocycles. The number of alkyl halides is 1. The summed E-state index contributed by atoms with van der Waals surface area (Å²) in [5, 5.41) is 2.66. The molecule has 2 aliphatic rings. The Morgan fingerprint density at radius 2 is 2.14 bits per heavy atom. The highest BCUT2D eigenvalue weighted by Gasteiger charge is 2.54. The lowest BCUT2D eigenvalue weighted by Gasteiger charge is -2.32. The summed E-state index contributed by atoms with van der Waals surface area (Å²) in [5.74, 6) is -2.15. The summed E-state index contributed by atoms with van der Waals surface area (Å²) in [6.07, 6.45) is 0.693. The Kier molecular flexibility index (Phi) is 3.84. The van der Waals surface area contributed by atoms with Crippen LogP contribution in [0.5, 0.6) is 0 Å². The van der Waals surface area contributed by atoms with Crippen molar-refractivity contribution in [1.29, 1.82) is 0 Å². The zero-order valence-corrected chi connectivity index (χ0v) is 12.2. The average Bonchev–Trinajstić information content (AvgIpc) is 2.71. The van der Waals surface area contributed by atoms with Gasteiger partial charge in [0.15, 0.2) is 0 Å². The third-order valence-electron chi connectivity index (χ3n) is 3.70. The minimum atomic E-state index is -1.52. The van der Waals surface area contributed by atoms with Crippen LogP contribution in [-0.4, -0.2) is 38.2 Å². The molecule has 2 amide bonds. The Morgan fingerprint density at radius 3 is 2.77 bits per heavy atom. The molecule has 0 aromatic heterocycles. The van der Waals surface area contributed by atoms with Gasteiger partial charge in [-0.15, -0.1) is 0 Å². The van der Waals surface area contributed by atoms with E-state index in [2.05, 4.69) is 5.32 Å². The molecular weight excluding hydrogens is 291 g/mol. The molecule has 1 saturated heterocycles. The van der Waals surface area contributed by atoms with E-state index in [0.29, 0.717) is 36.6 Å². The maximum Gasteiger partial charge on any atom is 0.292 e. The summed E-state index contributed by atoms with van der Waals surface area (Å²) in [6.45, 7) is 1.46. The molecule has 1 fully saturated rings. The number of nitrogens with zero attached hydrogens (tertiary/aromatic N) is 1. The van der Waals surface area contributed by atoms with Gasteiger partial charge < -0.3 is 19.7 Å². The molecular formula is C15H17FN2O4. The summed E-state index contributed by atoms with van der Waals surface area (Å²) < 4.78 is 24.1. The zero-order chi connectivity index (χ0) is 15.7. The number of ether oxygens (including phenoxy) is 2. The Balaban J connectivity index is 2.07. The predicted octanol–water partition coefficient (Wildman–Crippen LogP) is 1.55. The van der Waals surface area contributed by atoms with E-state index in [0.717, 1.165) is 0 Å². The molecule has 6 nitrogen and oxygen atoms in total. The van der Waals surface area contributed by atoms with Gasteiger partial charge >= 0.3 is 0 Å². The molecule has 1 aromatic carbocycles. The number of fused-ring (bicyclic) bond motifs is 2. The Bertz CT molecular complexity index is 614. The van der Waals surface area contributed by atoms with E-state index in [1.807, 2.05) is 0 Å². The van der Waals surface area contributed by atoms with Gasteiger partial charge in [-0.25, -0.2) is 4.39 Å². The van der Waals surface area contributed by atoms with E-state index in [1.165, 1.54) is 11.8 Å². The van der Waals surface area contributed by atoms with Crippen LogP contribution in [0, 0.1) is 0 Å². The molecule has 1 aromatic rings. The van der Waals surface area contributed by atoms with Crippen LogP contribution >= 0.6 is 0 Å². The quantitative estimate of drug-likeness (QED) is 0.920. The van der Waals surface area contributed by atoms with Crippen LogP contribution in [-0.2, 0) is 24.8 Å². The maximum atomic E-state index is 12.8. The Morgan fingerprint density at radius 1 is 1.41 bits per heavy atom. The first-order valence-corrected chi connectivity index (χ1v) is 7.16. The number of benzene rings is 1. The Hall–Kier alpha value is -1.99. The van der Waals surface area contributed by atoms with E-state index in [1.54, 1.807) is 18.2 Å². The number of carbonyl (C=O) groups excluding carboxylic acids is 2. The highest BCUT2D eigenvalue weighted by molar-refractivity contribution is 6.06. The number of halogens is 1. The minimum Gasteiger partial charge on any atom is -0.338 e. The van der Waals surface area contributed by atoms with Gasteiger partial charge in [0.2, 0.25) is 5.91 Å². The van der Waals surface area contributed by atoms with Crippen LogP contribution in [0.1, 0.15) is 18.9 Å². The first-order chi connectivity index (χ1) is 10.6. The third kappa shape index (κ3) is 2.26. The normalized spacial score (nSPS) is 19.4. The van der Waals surface area contributed by atoms with Gasteiger partial charge in [-0.3, -0.25) is 9.59 Å². The molecule has 118 valence electrons. The largest absolute Gasteiger partial charge is 0.338 e. The van der Waals surface area contributed by atoms with Gasteiger partial charge in [-0.1, -0.05) is 0 Å². The van der Waals surface area contributed by atoms with E-state index < -0.39 is 18.4 Å². The topological polar surface area (TPSA) is 67.9 Å². The molecule has 22 heavy (non-hydrogen) atoms. The van der Waals surface area contributed by atoms with Crippen LogP contribution in [0.15, 0.2) is 18.2 Å². The molecule has 2 aliphatic heterocycles. The van der Waals surface area contributed by atoms with E-state index in [9.17, 15) is 14.0 Å². The molecule has 0 atom stereocenters. The van der Waals surface area contributed by atoms with Crippen LogP contribution in [0.2, 0.25) is 0 Å². The van der Waals surface area contributed by atoms with Crippen LogP contribution < -0.4 is 10.2 Å². The summed E-state index contributed by atoms with van der Waals surface area (Å²) in [5.41, 5.74) is 1.61. The summed E-state index contributed by atoms with van der Waals surface area (Å²) in [4.78, 5) is 25.2. The van der Waals surface area contributed by atoms with Crippen molar-refractivity contribution in [3.63, 3.8) is 0 Å². The van der Waals surface area contributed by atoms with Gasteiger partial charge in [-0.05, 0) is 24.6 Å². The zero-order valence-electron chi connectivity index (χ0n) is 12.2. The number of hydrogen-bond acceptors (Lipinski definition) is 4. The number of hydrogen-bond donors (Lipinski definition) is 1. The monoisotopic (exact) mass is 308 g/mol. The highest BCUT2D eigenvalue weighted by atomic mass is 19.1. The summed E-state index contributed by atoms with van der Waals surface area (Å²) in [7, 11) is 0. The Labute approximate surface area is 127 Å². The molecule has 0 radical (unpaired) electrons. The van der Waals surface area contributed by atoms with Gasteiger partial charge in [0, 0.05) is 18.2 Å². The second-order valence-electron chi connectivity index (χ2n) is 5.23. The molecule has 0 unspecified atom stereocenters. The lowest BCUT2D eigenvalue weighted by atomic mass is 10.1. The molecule has 0 bridgehead atoms. The minimum absolute atomic E-state index is 0.0558. The maximum absolute atomic E-state index is 12.8. The van der Waals surface area contributed by atoms with E-state index in [-0.39, 0.29) is 12.5 Å². The van der Waals surface area contributed by atoms with Crippen molar-refractivity contribution in [3.8, 4) is 0 Å². The molecule has 3 rings (SSSR count). The lowest BCUT2D eigenvalue weighted by Crippen LogP contribution is -2.47. The summed E-state index contributed by atoms with van der Waals surface area (Å²) >= 11 is 0. The van der Waals surface area contributed by atoms with Crippen molar-refractivity contribution >= 4 is 23.2 Å². The number of nitrogens with one attached hydrogen (secondary N) is 1. The van der Waals surface area contributed by atoms with Crippen molar-refractivity contribution in [2.24, 2.45) is 0 Å². The molecule has 7 heteroatoms. The van der Waals surface area contributed by atoms with Gasteiger partial charge in [0.1, 0.15) is 6.67 Å².